The molecule has 0 saturated carbocycles. The van der Waals surface area contributed by atoms with Crippen LogP contribution in [0.1, 0.15) is 33.7 Å². The highest BCUT2D eigenvalue weighted by Crippen LogP contribution is 2.27. The molecule has 2 aromatic rings. The second-order valence-corrected chi connectivity index (χ2v) is 5.96. The van der Waals surface area contributed by atoms with Gasteiger partial charge in [0.25, 0.3) is 0 Å². The Morgan fingerprint density at radius 2 is 1.62 bits per heavy atom. The smallest absolute Gasteiger partial charge is 0.311 e. The number of rotatable bonds is 4. The molecular formula is C18H19ClO2. The van der Waals surface area contributed by atoms with E-state index in [1.165, 1.54) is 5.56 Å². The Morgan fingerprint density at radius 1 is 1.10 bits per heavy atom. The van der Waals surface area contributed by atoms with E-state index in [2.05, 4.69) is 19.1 Å². The number of carboxylic acids is 1. The van der Waals surface area contributed by atoms with Crippen LogP contribution in [0.4, 0.5) is 0 Å². The van der Waals surface area contributed by atoms with E-state index in [1.807, 2.05) is 13.8 Å². The van der Waals surface area contributed by atoms with E-state index in [0.29, 0.717) is 11.4 Å². The minimum absolute atomic E-state index is 0.495. The zero-order valence-corrected chi connectivity index (χ0v) is 13.2. The number of carbonyl (C=O) groups is 1. The van der Waals surface area contributed by atoms with Crippen LogP contribution in [0, 0.1) is 20.8 Å². The summed E-state index contributed by atoms with van der Waals surface area (Å²) < 4.78 is 0. The van der Waals surface area contributed by atoms with Crippen LogP contribution in [0.2, 0.25) is 5.02 Å². The van der Waals surface area contributed by atoms with Crippen molar-refractivity contribution < 1.29 is 9.90 Å². The Balaban J connectivity index is 2.38. The Hall–Kier alpha value is -1.80. The van der Waals surface area contributed by atoms with Crippen molar-refractivity contribution >= 4 is 17.6 Å². The average molecular weight is 303 g/mol. The van der Waals surface area contributed by atoms with E-state index in [4.69, 9.17) is 11.6 Å². The second kappa shape index (κ2) is 6.31. The number of carboxylic acid groups (broad SMARTS) is 1. The number of benzene rings is 2. The Kier molecular flexibility index (Phi) is 4.69. The first-order chi connectivity index (χ1) is 9.88. The third kappa shape index (κ3) is 3.64. The molecule has 0 aliphatic heterocycles. The summed E-state index contributed by atoms with van der Waals surface area (Å²) in [5.74, 6) is -1.36. The summed E-state index contributed by atoms with van der Waals surface area (Å²) in [4.78, 5) is 11.6. The standard InChI is InChI=1S/C18H19ClO2/c1-11-8-12(2)16(13(3)9-11)10-17(18(20)21)14-4-6-15(19)7-5-14/h4-9,17H,10H2,1-3H3,(H,20,21). The summed E-state index contributed by atoms with van der Waals surface area (Å²) in [6.45, 7) is 6.13. The van der Waals surface area contributed by atoms with Crippen LogP contribution in [0.5, 0.6) is 0 Å². The fourth-order valence-corrected chi connectivity index (χ4v) is 2.90. The molecule has 1 N–H and O–H groups in total. The minimum Gasteiger partial charge on any atom is -0.481 e. The first-order valence-electron chi connectivity index (χ1n) is 6.93. The van der Waals surface area contributed by atoms with Crippen LogP contribution in [0.25, 0.3) is 0 Å². The molecule has 2 rings (SSSR count). The van der Waals surface area contributed by atoms with E-state index in [9.17, 15) is 9.90 Å². The molecule has 0 spiro atoms. The fourth-order valence-electron chi connectivity index (χ4n) is 2.78. The lowest BCUT2D eigenvalue weighted by molar-refractivity contribution is -0.138. The molecule has 0 aliphatic rings. The quantitative estimate of drug-likeness (QED) is 0.890. The van der Waals surface area contributed by atoms with Gasteiger partial charge in [-0.05, 0) is 61.6 Å². The largest absolute Gasteiger partial charge is 0.481 e. The first-order valence-corrected chi connectivity index (χ1v) is 7.31. The Bertz CT molecular complexity index is 636. The zero-order valence-electron chi connectivity index (χ0n) is 12.5. The van der Waals surface area contributed by atoms with Crippen LogP contribution < -0.4 is 0 Å². The van der Waals surface area contributed by atoms with E-state index in [0.717, 1.165) is 22.3 Å². The molecule has 2 aromatic carbocycles. The van der Waals surface area contributed by atoms with Crippen molar-refractivity contribution in [1.29, 1.82) is 0 Å². The third-order valence-corrected chi connectivity index (χ3v) is 4.07. The predicted molar refractivity (Wildman–Crippen MR) is 86.2 cm³/mol. The van der Waals surface area contributed by atoms with Crippen molar-refractivity contribution in [2.75, 3.05) is 0 Å². The van der Waals surface area contributed by atoms with Crippen LogP contribution in [-0.2, 0) is 11.2 Å². The molecule has 0 amide bonds. The molecule has 2 nitrogen and oxygen atoms in total. The number of aryl methyl sites for hydroxylation is 3. The lowest BCUT2D eigenvalue weighted by atomic mass is 9.87. The molecule has 0 saturated heterocycles. The summed E-state index contributed by atoms with van der Waals surface area (Å²) in [6, 6.07) is 11.3. The highest BCUT2D eigenvalue weighted by atomic mass is 35.5. The van der Waals surface area contributed by atoms with Gasteiger partial charge >= 0.3 is 5.97 Å². The molecule has 110 valence electrons. The molecule has 0 bridgehead atoms. The van der Waals surface area contributed by atoms with E-state index < -0.39 is 11.9 Å². The summed E-state index contributed by atoms with van der Waals surface area (Å²) in [5.41, 5.74) is 5.39. The molecule has 0 heterocycles. The summed E-state index contributed by atoms with van der Waals surface area (Å²) in [5, 5.41) is 10.2. The van der Waals surface area contributed by atoms with Gasteiger partial charge in [-0.15, -0.1) is 0 Å². The van der Waals surface area contributed by atoms with Gasteiger partial charge in [-0.3, -0.25) is 4.79 Å². The summed E-state index contributed by atoms with van der Waals surface area (Å²) in [7, 11) is 0. The predicted octanol–water partition coefficient (Wildman–Crippen LogP) is 4.68. The Morgan fingerprint density at radius 3 is 2.10 bits per heavy atom. The zero-order chi connectivity index (χ0) is 15.6. The van der Waals surface area contributed by atoms with Gasteiger partial charge in [0, 0.05) is 5.02 Å². The maximum absolute atomic E-state index is 11.6. The maximum atomic E-state index is 11.6. The van der Waals surface area contributed by atoms with Gasteiger partial charge in [0.15, 0.2) is 0 Å². The van der Waals surface area contributed by atoms with Gasteiger partial charge in [-0.2, -0.15) is 0 Å². The SMILES string of the molecule is Cc1cc(C)c(CC(C(=O)O)c2ccc(Cl)cc2)c(C)c1. The summed E-state index contributed by atoms with van der Waals surface area (Å²) >= 11 is 5.88. The molecule has 3 heteroatoms. The highest BCUT2D eigenvalue weighted by Gasteiger charge is 2.22. The second-order valence-electron chi connectivity index (χ2n) is 5.52. The van der Waals surface area contributed by atoms with Gasteiger partial charge in [-0.1, -0.05) is 41.4 Å². The van der Waals surface area contributed by atoms with Crippen LogP contribution in [0.3, 0.4) is 0 Å². The van der Waals surface area contributed by atoms with Crippen molar-refractivity contribution in [2.45, 2.75) is 33.1 Å². The van der Waals surface area contributed by atoms with Gasteiger partial charge in [0.2, 0.25) is 0 Å². The molecule has 21 heavy (non-hydrogen) atoms. The molecule has 1 unspecified atom stereocenters. The van der Waals surface area contributed by atoms with Crippen molar-refractivity contribution in [3.05, 3.63) is 69.2 Å². The van der Waals surface area contributed by atoms with Crippen LogP contribution in [0.15, 0.2) is 36.4 Å². The van der Waals surface area contributed by atoms with E-state index in [-0.39, 0.29) is 0 Å². The van der Waals surface area contributed by atoms with Crippen LogP contribution >= 0.6 is 11.6 Å². The molecule has 0 aliphatic carbocycles. The van der Waals surface area contributed by atoms with Crippen molar-refractivity contribution in [2.24, 2.45) is 0 Å². The van der Waals surface area contributed by atoms with Gasteiger partial charge in [0.05, 0.1) is 5.92 Å². The summed E-state index contributed by atoms with van der Waals surface area (Å²) in [6.07, 6.45) is 0.495. The topological polar surface area (TPSA) is 37.3 Å². The van der Waals surface area contributed by atoms with E-state index >= 15 is 0 Å². The molecule has 0 radical (unpaired) electrons. The van der Waals surface area contributed by atoms with Crippen LogP contribution in [-0.4, -0.2) is 11.1 Å². The lowest BCUT2D eigenvalue weighted by Gasteiger charge is -2.17. The van der Waals surface area contributed by atoms with Crippen molar-refractivity contribution in [3.8, 4) is 0 Å². The van der Waals surface area contributed by atoms with Gasteiger partial charge in [0.1, 0.15) is 0 Å². The number of hydrogen-bond donors (Lipinski definition) is 1. The number of halogens is 1. The van der Waals surface area contributed by atoms with Crippen molar-refractivity contribution in [3.63, 3.8) is 0 Å². The highest BCUT2D eigenvalue weighted by molar-refractivity contribution is 6.30. The van der Waals surface area contributed by atoms with E-state index in [1.54, 1.807) is 24.3 Å². The first kappa shape index (κ1) is 15.6. The number of hydrogen-bond acceptors (Lipinski definition) is 1. The fraction of sp³-hybridized carbons (Fsp3) is 0.278. The molecule has 0 aromatic heterocycles. The van der Waals surface area contributed by atoms with Gasteiger partial charge < -0.3 is 5.11 Å². The molecule has 1 atom stereocenters. The molecule has 0 fully saturated rings. The van der Waals surface area contributed by atoms with Crippen molar-refractivity contribution in [1.82, 2.24) is 0 Å². The average Bonchev–Trinajstić information content (AvgIpc) is 2.39. The lowest BCUT2D eigenvalue weighted by Crippen LogP contribution is -2.15. The van der Waals surface area contributed by atoms with Gasteiger partial charge in [-0.25, -0.2) is 0 Å². The maximum Gasteiger partial charge on any atom is 0.311 e. The Labute approximate surface area is 130 Å². The third-order valence-electron chi connectivity index (χ3n) is 3.82. The normalized spacial score (nSPS) is 12.2. The molecular weight excluding hydrogens is 284 g/mol. The monoisotopic (exact) mass is 302 g/mol. The minimum atomic E-state index is -0.809. The number of aliphatic carboxylic acids is 1.